The molecule has 0 aliphatic carbocycles. The van der Waals surface area contributed by atoms with Gasteiger partial charge in [0.25, 0.3) is 0 Å². The van der Waals surface area contributed by atoms with Gasteiger partial charge in [0.2, 0.25) is 5.90 Å². The van der Waals surface area contributed by atoms with Crippen LogP contribution < -0.4 is 0 Å². The van der Waals surface area contributed by atoms with E-state index in [1.165, 1.54) is 0 Å². The van der Waals surface area contributed by atoms with E-state index < -0.39 is 5.97 Å². The Morgan fingerprint density at radius 1 is 1.20 bits per heavy atom. The first-order valence-electron chi connectivity index (χ1n) is 6.22. The third kappa shape index (κ3) is 2.49. The highest BCUT2D eigenvalue weighted by Gasteiger charge is 2.24. The van der Waals surface area contributed by atoms with Crippen LogP contribution in [0, 0.1) is 6.92 Å². The summed E-state index contributed by atoms with van der Waals surface area (Å²) in [4.78, 5) is 20.1. The predicted molar refractivity (Wildman–Crippen MR) is 76.0 cm³/mol. The van der Waals surface area contributed by atoms with Gasteiger partial charge in [-0.3, -0.25) is 4.98 Å². The highest BCUT2D eigenvalue weighted by molar-refractivity contribution is 6.12. The average Bonchev–Trinajstić information content (AvgIpc) is 2.81. The molecule has 0 radical (unpaired) electrons. The minimum Gasteiger partial charge on any atom is -0.402 e. The van der Waals surface area contributed by atoms with Crippen molar-refractivity contribution in [3.63, 3.8) is 0 Å². The SMILES string of the molecule is Cc1cccc(C2=NC(=Cc3cccnc3)C(=O)O2)c1. The molecule has 1 aromatic carbocycles. The van der Waals surface area contributed by atoms with E-state index in [1.807, 2.05) is 37.3 Å². The Kier molecular flexibility index (Phi) is 3.13. The van der Waals surface area contributed by atoms with Crippen LogP contribution >= 0.6 is 0 Å². The molecule has 0 spiro atoms. The highest BCUT2D eigenvalue weighted by Crippen LogP contribution is 2.19. The lowest BCUT2D eigenvalue weighted by atomic mass is 10.1. The Hall–Kier alpha value is -2.75. The molecule has 4 heteroatoms. The molecular weight excluding hydrogens is 252 g/mol. The van der Waals surface area contributed by atoms with Gasteiger partial charge in [-0.15, -0.1) is 0 Å². The second-order valence-electron chi connectivity index (χ2n) is 4.49. The van der Waals surface area contributed by atoms with E-state index in [1.54, 1.807) is 24.5 Å². The maximum atomic E-state index is 11.8. The molecule has 1 aliphatic heterocycles. The fraction of sp³-hybridized carbons (Fsp3) is 0.0625. The van der Waals surface area contributed by atoms with Crippen LogP contribution in [0.4, 0.5) is 0 Å². The van der Waals surface area contributed by atoms with Gasteiger partial charge in [0, 0.05) is 18.0 Å². The summed E-state index contributed by atoms with van der Waals surface area (Å²) in [5.74, 6) is -0.0980. The summed E-state index contributed by atoms with van der Waals surface area (Å²) in [6, 6.07) is 11.3. The summed E-state index contributed by atoms with van der Waals surface area (Å²) in [5.41, 5.74) is 2.99. The van der Waals surface area contributed by atoms with Gasteiger partial charge in [0.15, 0.2) is 5.70 Å². The van der Waals surface area contributed by atoms with Gasteiger partial charge in [0.1, 0.15) is 0 Å². The summed E-state index contributed by atoms with van der Waals surface area (Å²) in [5, 5.41) is 0. The van der Waals surface area contributed by atoms with E-state index in [2.05, 4.69) is 9.98 Å². The first kappa shape index (κ1) is 12.3. The van der Waals surface area contributed by atoms with E-state index in [-0.39, 0.29) is 5.70 Å². The first-order valence-corrected chi connectivity index (χ1v) is 6.22. The summed E-state index contributed by atoms with van der Waals surface area (Å²) in [7, 11) is 0. The highest BCUT2D eigenvalue weighted by atomic mass is 16.6. The third-order valence-corrected chi connectivity index (χ3v) is 2.87. The van der Waals surface area contributed by atoms with Gasteiger partial charge in [-0.1, -0.05) is 23.8 Å². The van der Waals surface area contributed by atoms with Crippen LogP contribution in [-0.4, -0.2) is 16.9 Å². The van der Waals surface area contributed by atoms with Crippen LogP contribution in [0.15, 0.2) is 59.5 Å². The van der Waals surface area contributed by atoms with E-state index in [0.29, 0.717) is 5.90 Å². The molecular formula is C16H12N2O2. The zero-order valence-corrected chi connectivity index (χ0v) is 10.9. The van der Waals surface area contributed by atoms with E-state index in [0.717, 1.165) is 16.7 Å². The van der Waals surface area contributed by atoms with Crippen molar-refractivity contribution in [2.75, 3.05) is 0 Å². The van der Waals surface area contributed by atoms with Gasteiger partial charge in [-0.25, -0.2) is 9.79 Å². The normalized spacial score (nSPS) is 16.1. The number of aryl methyl sites for hydroxylation is 1. The number of hydrogen-bond acceptors (Lipinski definition) is 4. The number of esters is 1. The van der Waals surface area contributed by atoms with Crippen LogP contribution in [0.25, 0.3) is 6.08 Å². The Labute approximate surface area is 116 Å². The number of carbonyl (C=O) groups is 1. The fourth-order valence-corrected chi connectivity index (χ4v) is 1.93. The molecule has 3 rings (SSSR count). The molecule has 20 heavy (non-hydrogen) atoms. The molecule has 0 N–H and O–H groups in total. The van der Waals surface area contributed by atoms with Crippen molar-refractivity contribution in [1.29, 1.82) is 0 Å². The van der Waals surface area contributed by atoms with Crippen LogP contribution in [0.3, 0.4) is 0 Å². The monoisotopic (exact) mass is 264 g/mol. The molecule has 4 nitrogen and oxygen atoms in total. The van der Waals surface area contributed by atoms with Crippen LogP contribution in [0.1, 0.15) is 16.7 Å². The Bertz CT molecular complexity index is 718. The zero-order chi connectivity index (χ0) is 13.9. The lowest BCUT2D eigenvalue weighted by Gasteiger charge is -1.99. The number of carbonyl (C=O) groups excluding carboxylic acids is 1. The van der Waals surface area contributed by atoms with Crippen molar-refractivity contribution in [1.82, 2.24) is 4.98 Å². The maximum absolute atomic E-state index is 11.8. The second-order valence-corrected chi connectivity index (χ2v) is 4.49. The number of nitrogens with zero attached hydrogens (tertiary/aromatic N) is 2. The number of aromatic nitrogens is 1. The molecule has 0 atom stereocenters. The van der Waals surface area contributed by atoms with Crippen LogP contribution in [0.2, 0.25) is 0 Å². The van der Waals surface area contributed by atoms with E-state index in [9.17, 15) is 4.79 Å². The van der Waals surface area contributed by atoms with Crippen molar-refractivity contribution >= 4 is 17.9 Å². The van der Waals surface area contributed by atoms with Crippen molar-refractivity contribution < 1.29 is 9.53 Å². The number of cyclic esters (lactones) is 1. The molecule has 0 saturated carbocycles. The smallest absolute Gasteiger partial charge is 0.363 e. The Morgan fingerprint density at radius 2 is 2.10 bits per heavy atom. The van der Waals surface area contributed by atoms with E-state index in [4.69, 9.17) is 4.74 Å². The quantitative estimate of drug-likeness (QED) is 0.619. The molecule has 0 unspecified atom stereocenters. The topological polar surface area (TPSA) is 51.5 Å². The minimum absolute atomic E-state index is 0.287. The first-order chi connectivity index (χ1) is 9.72. The van der Waals surface area contributed by atoms with Gasteiger partial charge in [-0.05, 0) is 36.8 Å². The van der Waals surface area contributed by atoms with Crippen molar-refractivity contribution in [3.8, 4) is 0 Å². The third-order valence-electron chi connectivity index (χ3n) is 2.87. The zero-order valence-electron chi connectivity index (χ0n) is 10.9. The number of aliphatic imine (C=N–C) groups is 1. The van der Waals surface area contributed by atoms with Gasteiger partial charge in [0.05, 0.1) is 0 Å². The molecule has 0 bridgehead atoms. The molecule has 0 fully saturated rings. The molecule has 0 saturated heterocycles. The van der Waals surface area contributed by atoms with Crippen molar-refractivity contribution in [3.05, 3.63) is 71.2 Å². The van der Waals surface area contributed by atoms with Crippen LogP contribution in [0.5, 0.6) is 0 Å². The Morgan fingerprint density at radius 3 is 2.85 bits per heavy atom. The molecule has 2 heterocycles. The summed E-state index contributed by atoms with van der Waals surface area (Å²) >= 11 is 0. The number of benzene rings is 1. The number of hydrogen-bond donors (Lipinski definition) is 0. The average molecular weight is 264 g/mol. The summed E-state index contributed by atoms with van der Waals surface area (Å²) in [6.07, 6.45) is 5.01. The number of rotatable bonds is 2. The second kappa shape index (κ2) is 5.09. The van der Waals surface area contributed by atoms with Crippen LogP contribution in [-0.2, 0) is 9.53 Å². The van der Waals surface area contributed by atoms with Gasteiger partial charge < -0.3 is 4.74 Å². The summed E-state index contributed by atoms with van der Waals surface area (Å²) in [6.45, 7) is 1.98. The van der Waals surface area contributed by atoms with Gasteiger partial charge >= 0.3 is 5.97 Å². The lowest BCUT2D eigenvalue weighted by molar-refractivity contribution is -0.129. The molecule has 2 aromatic rings. The standard InChI is InChI=1S/C16H12N2O2/c1-11-4-2-6-13(8-11)15-18-14(16(19)20-15)9-12-5-3-7-17-10-12/h2-10H,1H3. The molecule has 0 amide bonds. The minimum atomic E-state index is -0.439. The molecule has 98 valence electrons. The fourth-order valence-electron chi connectivity index (χ4n) is 1.93. The maximum Gasteiger partial charge on any atom is 0.363 e. The number of ether oxygens (including phenoxy) is 1. The van der Waals surface area contributed by atoms with Crippen molar-refractivity contribution in [2.45, 2.75) is 6.92 Å². The summed E-state index contributed by atoms with van der Waals surface area (Å²) < 4.78 is 5.21. The van der Waals surface area contributed by atoms with E-state index >= 15 is 0 Å². The molecule has 1 aromatic heterocycles. The lowest BCUT2D eigenvalue weighted by Crippen LogP contribution is -2.05. The van der Waals surface area contributed by atoms with Gasteiger partial charge in [-0.2, -0.15) is 0 Å². The predicted octanol–water partition coefficient (Wildman–Crippen LogP) is 2.73. The largest absolute Gasteiger partial charge is 0.402 e. The Balaban J connectivity index is 1.95. The molecule has 1 aliphatic rings. The number of pyridine rings is 1. The van der Waals surface area contributed by atoms with Crippen molar-refractivity contribution in [2.24, 2.45) is 4.99 Å².